The Balaban J connectivity index is 1.61. The van der Waals surface area contributed by atoms with E-state index in [1.165, 1.54) is 5.56 Å². The Labute approximate surface area is 114 Å². The Morgan fingerprint density at radius 1 is 1.21 bits per heavy atom. The van der Waals surface area contributed by atoms with Crippen molar-refractivity contribution in [2.45, 2.75) is 38.4 Å². The lowest BCUT2D eigenvalue weighted by Gasteiger charge is -2.31. The van der Waals surface area contributed by atoms with E-state index in [0.29, 0.717) is 18.8 Å². The Hall–Kier alpha value is -1.19. The molecule has 2 saturated heterocycles. The van der Waals surface area contributed by atoms with Gasteiger partial charge in [-0.25, -0.2) is 0 Å². The second kappa shape index (κ2) is 5.43. The van der Waals surface area contributed by atoms with Crippen LogP contribution in [0.3, 0.4) is 0 Å². The fourth-order valence-electron chi connectivity index (χ4n) is 3.05. The number of aryl methyl sites for hydroxylation is 1. The van der Waals surface area contributed by atoms with Crippen molar-refractivity contribution in [3.05, 3.63) is 35.4 Å². The number of carbonyl (C=O) groups is 1. The van der Waals surface area contributed by atoms with E-state index < -0.39 is 0 Å². The molecule has 3 heteroatoms. The molecule has 3 rings (SSSR count). The third kappa shape index (κ3) is 2.88. The first kappa shape index (κ1) is 12.8. The number of nitrogens with zero attached hydrogens (tertiary/aromatic N) is 1. The molecule has 0 spiro atoms. The van der Waals surface area contributed by atoms with Crippen molar-refractivity contribution in [3.8, 4) is 0 Å². The zero-order valence-corrected chi connectivity index (χ0v) is 11.5. The zero-order chi connectivity index (χ0) is 13.2. The van der Waals surface area contributed by atoms with Gasteiger partial charge in [0.05, 0.1) is 18.8 Å². The molecule has 0 N–H and O–H groups in total. The van der Waals surface area contributed by atoms with Crippen LogP contribution in [0.4, 0.5) is 0 Å². The number of carbonyl (C=O) groups excluding carboxylic acids is 1. The van der Waals surface area contributed by atoms with Crippen LogP contribution >= 0.6 is 0 Å². The normalized spacial score (nSPS) is 26.6. The fourth-order valence-corrected chi connectivity index (χ4v) is 3.05. The van der Waals surface area contributed by atoms with Crippen LogP contribution in [0.25, 0.3) is 0 Å². The van der Waals surface area contributed by atoms with Gasteiger partial charge in [0, 0.05) is 18.7 Å². The average molecular weight is 259 g/mol. The van der Waals surface area contributed by atoms with Crippen LogP contribution in [0, 0.1) is 0 Å². The minimum Gasteiger partial charge on any atom is -0.372 e. The molecule has 0 aliphatic carbocycles. The number of ether oxygens (including phenoxy) is 1. The number of hydrogen-bond donors (Lipinski definition) is 0. The van der Waals surface area contributed by atoms with Crippen molar-refractivity contribution in [1.82, 2.24) is 4.90 Å². The summed E-state index contributed by atoms with van der Waals surface area (Å²) < 4.78 is 5.79. The Kier molecular flexibility index (Phi) is 3.67. The van der Waals surface area contributed by atoms with Crippen molar-refractivity contribution in [1.29, 1.82) is 0 Å². The van der Waals surface area contributed by atoms with Gasteiger partial charge in [-0.2, -0.15) is 0 Å². The molecule has 2 fully saturated rings. The molecule has 0 aromatic heterocycles. The fraction of sp³-hybridized carbons (Fsp3) is 0.562. The Bertz CT molecular complexity index is 442. The zero-order valence-electron chi connectivity index (χ0n) is 11.5. The van der Waals surface area contributed by atoms with Crippen LogP contribution < -0.4 is 0 Å². The predicted molar refractivity (Wildman–Crippen MR) is 74.5 cm³/mol. The molecule has 2 aliphatic rings. The minimum atomic E-state index is 0.226. The molecular weight excluding hydrogens is 238 g/mol. The monoisotopic (exact) mass is 259 g/mol. The van der Waals surface area contributed by atoms with E-state index >= 15 is 0 Å². The third-order valence-corrected chi connectivity index (χ3v) is 4.17. The summed E-state index contributed by atoms with van der Waals surface area (Å²) in [4.78, 5) is 14.5. The maximum atomic E-state index is 12.3. The lowest BCUT2D eigenvalue weighted by Crippen LogP contribution is -2.44. The van der Waals surface area contributed by atoms with Gasteiger partial charge in [0.25, 0.3) is 0 Å². The minimum absolute atomic E-state index is 0.226. The topological polar surface area (TPSA) is 29.5 Å². The number of fused-ring (bicyclic) bond motifs is 2. The van der Waals surface area contributed by atoms with Gasteiger partial charge in [-0.3, -0.25) is 9.69 Å². The number of likely N-dealkylation sites (tertiary alicyclic amines) is 1. The van der Waals surface area contributed by atoms with Crippen LogP contribution in [0.2, 0.25) is 0 Å². The SMILES string of the molecule is CCc1ccc(C(=O)CN2CC3CCC(C2)O3)cc1. The van der Waals surface area contributed by atoms with E-state index in [2.05, 4.69) is 24.0 Å². The summed E-state index contributed by atoms with van der Waals surface area (Å²) >= 11 is 0. The van der Waals surface area contributed by atoms with Crippen LogP contribution in [-0.4, -0.2) is 42.5 Å². The molecule has 2 unspecified atom stereocenters. The number of Topliss-reactive ketones (excluding diaryl/α,β-unsaturated/α-hetero) is 1. The first-order valence-electron chi connectivity index (χ1n) is 7.24. The molecule has 0 amide bonds. The molecule has 2 atom stereocenters. The second-order valence-corrected chi connectivity index (χ2v) is 5.63. The summed E-state index contributed by atoms with van der Waals surface area (Å²) in [5.74, 6) is 0.226. The molecule has 2 heterocycles. The van der Waals surface area contributed by atoms with E-state index in [-0.39, 0.29) is 5.78 Å². The maximum absolute atomic E-state index is 12.3. The van der Waals surface area contributed by atoms with Crippen molar-refractivity contribution in [2.24, 2.45) is 0 Å². The van der Waals surface area contributed by atoms with Crippen molar-refractivity contribution in [3.63, 3.8) is 0 Å². The highest BCUT2D eigenvalue weighted by atomic mass is 16.5. The van der Waals surface area contributed by atoms with E-state index in [0.717, 1.165) is 37.9 Å². The van der Waals surface area contributed by atoms with Gasteiger partial charge in [-0.1, -0.05) is 31.2 Å². The average Bonchev–Trinajstić information content (AvgIpc) is 2.78. The van der Waals surface area contributed by atoms with Gasteiger partial charge in [-0.15, -0.1) is 0 Å². The summed E-state index contributed by atoms with van der Waals surface area (Å²) in [6, 6.07) is 8.01. The number of morpholine rings is 1. The van der Waals surface area contributed by atoms with Crippen molar-refractivity contribution < 1.29 is 9.53 Å². The van der Waals surface area contributed by atoms with Gasteiger partial charge in [0.1, 0.15) is 0 Å². The number of hydrogen-bond acceptors (Lipinski definition) is 3. The summed E-state index contributed by atoms with van der Waals surface area (Å²) in [5, 5.41) is 0. The van der Waals surface area contributed by atoms with Gasteiger partial charge in [0.2, 0.25) is 0 Å². The molecule has 1 aromatic carbocycles. The summed E-state index contributed by atoms with van der Waals surface area (Å²) in [6.45, 7) is 4.48. The number of benzene rings is 1. The Morgan fingerprint density at radius 2 is 1.84 bits per heavy atom. The first-order valence-corrected chi connectivity index (χ1v) is 7.24. The van der Waals surface area contributed by atoms with Crippen LogP contribution in [0.1, 0.15) is 35.7 Å². The second-order valence-electron chi connectivity index (χ2n) is 5.63. The highest BCUT2D eigenvalue weighted by molar-refractivity contribution is 5.97. The molecular formula is C16H21NO2. The maximum Gasteiger partial charge on any atom is 0.176 e. The largest absolute Gasteiger partial charge is 0.372 e. The highest BCUT2D eigenvalue weighted by Crippen LogP contribution is 2.26. The summed E-state index contributed by atoms with van der Waals surface area (Å²) in [7, 11) is 0. The van der Waals surface area contributed by atoms with Gasteiger partial charge in [-0.05, 0) is 24.8 Å². The standard InChI is InChI=1S/C16H21NO2/c1-2-12-3-5-13(6-4-12)16(18)11-17-9-14-7-8-15(10-17)19-14/h3-6,14-15H,2,7-11H2,1H3. The van der Waals surface area contributed by atoms with E-state index in [1.807, 2.05) is 12.1 Å². The van der Waals surface area contributed by atoms with Crippen molar-refractivity contribution >= 4 is 5.78 Å². The molecule has 102 valence electrons. The van der Waals surface area contributed by atoms with E-state index in [9.17, 15) is 4.79 Å². The summed E-state index contributed by atoms with van der Waals surface area (Å²) in [6.07, 6.45) is 4.03. The van der Waals surface area contributed by atoms with E-state index in [1.54, 1.807) is 0 Å². The van der Waals surface area contributed by atoms with Gasteiger partial charge >= 0.3 is 0 Å². The van der Waals surface area contributed by atoms with Crippen LogP contribution in [-0.2, 0) is 11.2 Å². The smallest absolute Gasteiger partial charge is 0.176 e. The number of rotatable bonds is 4. The van der Waals surface area contributed by atoms with Crippen molar-refractivity contribution in [2.75, 3.05) is 19.6 Å². The lowest BCUT2D eigenvalue weighted by atomic mass is 10.1. The summed E-state index contributed by atoms with van der Waals surface area (Å²) in [5.41, 5.74) is 2.11. The molecule has 0 saturated carbocycles. The van der Waals surface area contributed by atoms with E-state index in [4.69, 9.17) is 4.74 Å². The number of ketones is 1. The molecule has 19 heavy (non-hydrogen) atoms. The molecule has 2 bridgehead atoms. The molecule has 3 nitrogen and oxygen atoms in total. The van der Waals surface area contributed by atoms with Crippen LogP contribution in [0.15, 0.2) is 24.3 Å². The molecule has 0 radical (unpaired) electrons. The Morgan fingerprint density at radius 3 is 2.42 bits per heavy atom. The molecule has 2 aliphatic heterocycles. The third-order valence-electron chi connectivity index (χ3n) is 4.17. The van der Waals surface area contributed by atoms with Gasteiger partial charge in [0.15, 0.2) is 5.78 Å². The highest BCUT2D eigenvalue weighted by Gasteiger charge is 2.34. The quantitative estimate of drug-likeness (QED) is 0.777. The van der Waals surface area contributed by atoms with Gasteiger partial charge < -0.3 is 4.74 Å². The lowest BCUT2D eigenvalue weighted by molar-refractivity contribution is -0.0355. The van der Waals surface area contributed by atoms with Crippen LogP contribution in [0.5, 0.6) is 0 Å². The predicted octanol–water partition coefficient (Wildman–Crippen LogP) is 2.29. The first-order chi connectivity index (χ1) is 9.24. The molecule has 1 aromatic rings.